The largest absolute Gasteiger partial charge is 0.352 e. The molecular formula is C19H20N2O2. The Morgan fingerprint density at radius 3 is 2.57 bits per heavy atom. The molecule has 0 aliphatic rings. The summed E-state index contributed by atoms with van der Waals surface area (Å²) in [7, 11) is 0. The minimum absolute atomic E-state index is 0.151. The minimum atomic E-state index is -0.339. The number of pyridine rings is 1. The first-order chi connectivity index (χ1) is 11.2. The van der Waals surface area contributed by atoms with Gasteiger partial charge >= 0.3 is 0 Å². The van der Waals surface area contributed by atoms with Crippen molar-refractivity contribution in [3.63, 3.8) is 0 Å². The number of nitrogens with zero attached hydrogens (tertiary/aromatic N) is 1. The molecule has 1 amide bonds. The molecule has 0 aliphatic carbocycles. The van der Waals surface area contributed by atoms with E-state index in [9.17, 15) is 9.59 Å². The van der Waals surface area contributed by atoms with Gasteiger partial charge in [-0.15, -0.1) is 0 Å². The second-order valence-corrected chi connectivity index (χ2v) is 5.25. The summed E-state index contributed by atoms with van der Waals surface area (Å²) < 4.78 is 0. The van der Waals surface area contributed by atoms with Gasteiger partial charge in [0, 0.05) is 18.9 Å². The predicted octanol–water partition coefficient (Wildman–Crippen LogP) is 2.80. The van der Waals surface area contributed by atoms with Crippen LogP contribution in [0.4, 0.5) is 0 Å². The zero-order valence-corrected chi connectivity index (χ0v) is 13.2. The van der Waals surface area contributed by atoms with Crippen molar-refractivity contribution in [2.45, 2.75) is 19.8 Å². The van der Waals surface area contributed by atoms with E-state index < -0.39 is 0 Å². The van der Waals surface area contributed by atoms with Crippen LogP contribution >= 0.6 is 0 Å². The van der Waals surface area contributed by atoms with Crippen molar-refractivity contribution in [1.82, 2.24) is 10.3 Å². The maximum absolute atomic E-state index is 12.2. The van der Waals surface area contributed by atoms with Gasteiger partial charge < -0.3 is 5.32 Å². The Morgan fingerprint density at radius 2 is 1.91 bits per heavy atom. The molecule has 0 atom stereocenters. The van der Waals surface area contributed by atoms with E-state index in [-0.39, 0.29) is 17.3 Å². The first-order valence-electron chi connectivity index (χ1n) is 7.61. The Balaban J connectivity index is 1.89. The maximum Gasteiger partial charge on any atom is 0.254 e. The van der Waals surface area contributed by atoms with Crippen LogP contribution < -0.4 is 5.32 Å². The van der Waals surface area contributed by atoms with Gasteiger partial charge in [0.1, 0.15) is 0 Å². The van der Waals surface area contributed by atoms with Gasteiger partial charge in [0.05, 0.1) is 5.57 Å². The number of carbonyl (C=O) groups excluding carboxylic acids is 2. The second-order valence-electron chi connectivity index (χ2n) is 5.25. The van der Waals surface area contributed by atoms with Gasteiger partial charge in [-0.1, -0.05) is 36.4 Å². The fourth-order valence-corrected chi connectivity index (χ4v) is 2.19. The molecule has 4 heteroatoms. The molecule has 118 valence electrons. The van der Waals surface area contributed by atoms with Crippen LogP contribution in [0.2, 0.25) is 0 Å². The molecule has 23 heavy (non-hydrogen) atoms. The number of hydrogen-bond donors (Lipinski definition) is 1. The van der Waals surface area contributed by atoms with Gasteiger partial charge in [0.2, 0.25) is 0 Å². The number of aryl methyl sites for hydroxylation is 1. The van der Waals surface area contributed by atoms with E-state index >= 15 is 0 Å². The van der Waals surface area contributed by atoms with E-state index in [1.54, 1.807) is 30.6 Å². The lowest BCUT2D eigenvalue weighted by Crippen LogP contribution is -2.28. The van der Waals surface area contributed by atoms with Crippen molar-refractivity contribution < 1.29 is 9.59 Å². The molecule has 0 bridgehead atoms. The van der Waals surface area contributed by atoms with Crippen LogP contribution in [-0.4, -0.2) is 23.2 Å². The molecule has 1 aromatic heterocycles. The number of aromatic nitrogens is 1. The Hall–Kier alpha value is -2.75. The molecule has 0 unspecified atom stereocenters. The molecule has 2 aromatic rings. The van der Waals surface area contributed by atoms with Crippen molar-refractivity contribution in [3.05, 3.63) is 71.6 Å². The zero-order chi connectivity index (χ0) is 16.5. The Kier molecular flexibility index (Phi) is 6.24. The molecule has 1 aromatic carbocycles. The summed E-state index contributed by atoms with van der Waals surface area (Å²) in [5, 5.41) is 2.81. The van der Waals surface area contributed by atoms with Gasteiger partial charge in [-0.3, -0.25) is 14.6 Å². The number of rotatable bonds is 7. The molecule has 0 saturated carbocycles. The number of carbonyl (C=O) groups is 2. The van der Waals surface area contributed by atoms with Crippen molar-refractivity contribution in [3.8, 4) is 0 Å². The van der Waals surface area contributed by atoms with Crippen LogP contribution in [0.15, 0.2) is 60.4 Å². The Labute approximate surface area is 136 Å². The maximum atomic E-state index is 12.2. The topological polar surface area (TPSA) is 59.1 Å². The summed E-state index contributed by atoms with van der Waals surface area (Å²) >= 11 is 0. The number of nitrogens with one attached hydrogen (secondary N) is 1. The summed E-state index contributed by atoms with van der Waals surface area (Å²) in [4.78, 5) is 27.9. The SMILES string of the molecule is CC(=O)/C(=C\c1cccnc1)C(=O)NCCCc1ccccc1. The lowest BCUT2D eigenvalue weighted by Gasteiger charge is -2.07. The van der Waals surface area contributed by atoms with Crippen LogP contribution in [0.3, 0.4) is 0 Å². The number of amides is 1. The summed E-state index contributed by atoms with van der Waals surface area (Å²) in [6, 6.07) is 13.7. The lowest BCUT2D eigenvalue weighted by atomic mass is 10.1. The molecule has 2 rings (SSSR count). The molecule has 4 nitrogen and oxygen atoms in total. The smallest absolute Gasteiger partial charge is 0.254 e. The highest BCUT2D eigenvalue weighted by Gasteiger charge is 2.13. The molecule has 1 N–H and O–H groups in total. The zero-order valence-electron chi connectivity index (χ0n) is 13.2. The molecule has 0 saturated heterocycles. The fraction of sp³-hybridized carbons (Fsp3) is 0.211. The van der Waals surface area contributed by atoms with E-state index in [2.05, 4.69) is 22.4 Å². The first kappa shape index (κ1) is 16.6. The predicted molar refractivity (Wildman–Crippen MR) is 90.7 cm³/mol. The minimum Gasteiger partial charge on any atom is -0.352 e. The molecule has 1 heterocycles. The second kappa shape index (κ2) is 8.63. The highest BCUT2D eigenvalue weighted by Crippen LogP contribution is 2.07. The van der Waals surface area contributed by atoms with Crippen molar-refractivity contribution in [1.29, 1.82) is 0 Å². The average Bonchev–Trinajstić information content (AvgIpc) is 2.58. The average molecular weight is 308 g/mol. The lowest BCUT2D eigenvalue weighted by molar-refractivity contribution is -0.121. The summed E-state index contributed by atoms with van der Waals surface area (Å²) in [6.45, 7) is 1.93. The normalized spacial score (nSPS) is 11.1. The summed E-state index contributed by atoms with van der Waals surface area (Å²) in [5.74, 6) is -0.594. The third-order valence-corrected chi connectivity index (χ3v) is 3.39. The number of ketones is 1. The monoisotopic (exact) mass is 308 g/mol. The van der Waals surface area contributed by atoms with Crippen molar-refractivity contribution >= 4 is 17.8 Å². The molecule has 0 fully saturated rings. The third-order valence-electron chi connectivity index (χ3n) is 3.39. The van der Waals surface area contributed by atoms with Crippen LogP contribution in [-0.2, 0) is 16.0 Å². The van der Waals surface area contributed by atoms with E-state index in [4.69, 9.17) is 0 Å². The number of benzene rings is 1. The first-order valence-corrected chi connectivity index (χ1v) is 7.61. The molecular weight excluding hydrogens is 288 g/mol. The van der Waals surface area contributed by atoms with Gasteiger partial charge in [0.15, 0.2) is 5.78 Å². The third kappa shape index (κ3) is 5.51. The fourth-order valence-electron chi connectivity index (χ4n) is 2.19. The van der Waals surface area contributed by atoms with Crippen molar-refractivity contribution in [2.75, 3.05) is 6.54 Å². The summed E-state index contributed by atoms with van der Waals surface area (Å²) in [6.07, 6.45) is 6.55. The standard InChI is InChI=1S/C19H20N2O2/c1-15(22)18(13-17-10-5-11-20-14-17)19(23)21-12-6-9-16-7-3-2-4-8-16/h2-5,7-8,10-11,13-14H,6,9,12H2,1H3,(H,21,23)/b18-13+. The van der Waals surface area contributed by atoms with Crippen LogP contribution in [0.25, 0.3) is 6.08 Å². The van der Waals surface area contributed by atoms with Crippen molar-refractivity contribution in [2.24, 2.45) is 0 Å². The quantitative estimate of drug-likeness (QED) is 0.370. The number of Topliss-reactive ketones (excluding diaryl/α,β-unsaturated/α-hetero) is 1. The van der Waals surface area contributed by atoms with Gasteiger partial charge in [-0.2, -0.15) is 0 Å². The van der Waals surface area contributed by atoms with Gasteiger partial charge in [-0.25, -0.2) is 0 Å². The Morgan fingerprint density at radius 1 is 1.13 bits per heavy atom. The summed E-state index contributed by atoms with van der Waals surface area (Å²) in [5.41, 5.74) is 2.12. The molecule has 0 aliphatic heterocycles. The van der Waals surface area contributed by atoms with E-state index in [0.717, 1.165) is 18.4 Å². The molecule has 0 radical (unpaired) electrons. The van der Waals surface area contributed by atoms with E-state index in [1.807, 2.05) is 18.2 Å². The number of hydrogen-bond acceptors (Lipinski definition) is 3. The van der Waals surface area contributed by atoms with Crippen LogP contribution in [0, 0.1) is 0 Å². The van der Waals surface area contributed by atoms with Crippen LogP contribution in [0.5, 0.6) is 0 Å². The highest BCUT2D eigenvalue weighted by atomic mass is 16.2. The highest BCUT2D eigenvalue weighted by molar-refractivity contribution is 6.21. The van der Waals surface area contributed by atoms with Gasteiger partial charge in [-0.05, 0) is 43.0 Å². The van der Waals surface area contributed by atoms with E-state index in [0.29, 0.717) is 6.54 Å². The molecule has 0 spiro atoms. The van der Waals surface area contributed by atoms with E-state index in [1.165, 1.54) is 12.5 Å². The van der Waals surface area contributed by atoms with Crippen LogP contribution in [0.1, 0.15) is 24.5 Å². The Bertz CT molecular complexity index is 679. The van der Waals surface area contributed by atoms with Gasteiger partial charge in [0.25, 0.3) is 5.91 Å².